The van der Waals surface area contributed by atoms with Crippen molar-refractivity contribution in [3.05, 3.63) is 65.7 Å². The number of aromatic nitrogens is 3. The van der Waals surface area contributed by atoms with Gasteiger partial charge in [-0.2, -0.15) is 13.2 Å². The number of rotatable bonds is 5. The summed E-state index contributed by atoms with van der Waals surface area (Å²) in [5.74, 6) is -1.99. The zero-order valence-electron chi connectivity index (χ0n) is 17.0. The summed E-state index contributed by atoms with van der Waals surface area (Å²) in [6, 6.07) is 11.3. The highest BCUT2D eigenvalue weighted by atomic mass is 19.4. The van der Waals surface area contributed by atoms with E-state index in [-0.39, 0.29) is 0 Å². The van der Waals surface area contributed by atoms with E-state index in [2.05, 4.69) is 51.4 Å². The maximum atomic E-state index is 10.6. The van der Waals surface area contributed by atoms with Crippen LogP contribution in [-0.2, 0) is 17.9 Å². The summed E-state index contributed by atoms with van der Waals surface area (Å²) in [5, 5.41) is 10.8. The molecule has 2 N–H and O–H groups in total. The lowest BCUT2D eigenvalue weighted by molar-refractivity contribution is -0.192. The van der Waals surface area contributed by atoms with Gasteiger partial charge in [-0.25, -0.2) is 14.8 Å². The third kappa shape index (κ3) is 6.76. The van der Waals surface area contributed by atoms with Crippen molar-refractivity contribution in [3.63, 3.8) is 0 Å². The first-order valence-corrected chi connectivity index (χ1v) is 9.80. The summed E-state index contributed by atoms with van der Waals surface area (Å²) in [4.78, 5) is 20.2. The van der Waals surface area contributed by atoms with E-state index in [9.17, 15) is 13.2 Å². The molecule has 166 valence electrons. The molecule has 1 unspecified atom stereocenters. The number of hydrogen-bond donors (Lipinski definition) is 2. The Labute approximate surface area is 177 Å². The van der Waals surface area contributed by atoms with Crippen LogP contribution in [0.1, 0.15) is 23.2 Å². The van der Waals surface area contributed by atoms with Gasteiger partial charge in [-0.3, -0.25) is 9.30 Å². The van der Waals surface area contributed by atoms with Gasteiger partial charge < -0.3 is 10.4 Å². The lowest BCUT2D eigenvalue weighted by Crippen LogP contribution is -2.32. The molecule has 4 rings (SSSR count). The first-order valence-electron chi connectivity index (χ1n) is 9.80. The van der Waals surface area contributed by atoms with Crippen LogP contribution in [0.25, 0.3) is 5.78 Å². The average molecular weight is 435 g/mol. The van der Waals surface area contributed by atoms with Gasteiger partial charge in [0.1, 0.15) is 0 Å². The fraction of sp³-hybridized carbons (Fsp3) is 0.381. The molecule has 0 bridgehead atoms. The van der Waals surface area contributed by atoms with Gasteiger partial charge in [0.05, 0.1) is 5.69 Å². The van der Waals surface area contributed by atoms with E-state index in [0.717, 1.165) is 37.7 Å². The molecule has 3 heterocycles. The number of imidazole rings is 1. The second-order valence-corrected chi connectivity index (χ2v) is 7.45. The van der Waals surface area contributed by atoms with Crippen LogP contribution >= 0.6 is 0 Å². The summed E-state index contributed by atoms with van der Waals surface area (Å²) in [7, 11) is 0. The second kappa shape index (κ2) is 9.88. The van der Waals surface area contributed by atoms with E-state index >= 15 is 0 Å². The first-order chi connectivity index (χ1) is 14.7. The summed E-state index contributed by atoms with van der Waals surface area (Å²) in [5.41, 5.74) is 3.76. The first kappa shape index (κ1) is 22.7. The predicted molar refractivity (Wildman–Crippen MR) is 108 cm³/mol. The Morgan fingerprint density at radius 2 is 2.00 bits per heavy atom. The van der Waals surface area contributed by atoms with Crippen LogP contribution in [0.4, 0.5) is 13.2 Å². The number of nitrogens with one attached hydrogen (secondary N) is 1. The Morgan fingerprint density at radius 1 is 1.29 bits per heavy atom. The number of carboxylic acids is 1. The third-order valence-corrected chi connectivity index (χ3v) is 4.90. The smallest absolute Gasteiger partial charge is 0.475 e. The number of aryl methyl sites for hydroxylation is 1. The lowest BCUT2D eigenvalue weighted by atomic mass is 10.1. The van der Waals surface area contributed by atoms with Crippen molar-refractivity contribution >= 4 is 11.7 Å². The molecule has 1 saturated heterocycles. The highest BCUT2D eigenvalue weighted by molar-refractivity contribution is 5.73. The number of halogens is 3. The number of benzene rings is 1. The van der Waals surface area contributed by atoms with E-state index in [1.165, 1.54) is 17.5 Å². The Balaban J connectivity index is 0.000000339. The van der Waals surface area contributed by atoms with Crippen molar-refractivity contribution in [2.45, 2.75) is 38.7 Å². The molecule has 31 heavy (non-hydrogen) atoms. The molecule has 10 heteroatoms. The molecule has 0 radical (unpaired) electrons. The van der Waals surface area contributed by atoms with E-state index < -0.39 is 12.1 Å². The number of hydrogen-bond acceptors (Lipinski definition) is 5. The molecular formula is C21H24F3N5O2. The SMILES string of the molecule is Cc1ccc(CN2CCC(NCc3cn4cccnc4n3)C2)cc1.O=C(O)C(F)(F)F. The molecule has 0 aliphatic carbocycles. The van der Waals surface area contributed by atoms with Crippen LogP contribution in [0, 0.1) is 6.92 Å². The zero-order chi connectivity index (χ0) is 22.4. The van der Waals surface area contributed by atoms with Crippen molar-refractivity contribution in [1.82, 2.24) is 24.6 Å². The number of likely N-dealkylation sites (tertiary alicyclic amines) is 1. The molecule has 0 saturated carbocycles. The maximum Gasteiger partial charge on any atom is 0.490 e. The monoisotopic (exact) mass is 435 g/mol. The normalized spacial score (nSPS) is 16.8. The molecule has 1 atom stereocenters. The largest absolute Gasteiger partial charge is 0.490 e. The molecule has 0 amide bonds. The molecule has 1 fully saturated rings. The molecule has 2 aromatic heterocycles. The molecule has 3 aromatic rings. The summed E-state index contributed by atoms with van der Waals surface area (Å²) in [6.45, 7) is 6.22. The molecule has 1 aliphatic heterocycles. The summed E-state index contributed by atoms with van der Waals surface area (Å²) >= 11 is 0. The summed E-state index contributed by atoms with van der Waals surface area (Å²) < 4.78 is 33.7. The quantitative estimate of drug-likeness (QED) is 0.641. The van der Waals surface area contributed by atoms with Gasteiger partial charge in [0.15, 0.2) is 0 Å². The molecule has 0 spiro atoms. The van der Waals surface area contributed by atoms with Gasteiger partial charge in [0.25, 0.3) is 0 Å². The number of aliphatic carboxylic acids is 1. The Hall–Kier alpha value is -2.98. The van der Waals surface area contributed by atoms with E-state index in [1.807, 2.05) is 22.9 Å². The van der Waals surface area contributed by atoms with E-state index in [0.29, 0.717) is 6.04 Å². The van der Waals surface area contributed by atoms with Crippen LogP contribution in [0.15, 0.2) is 48.9 Å². The zero-order valence-corrected chi connectivity index (χ0v) is 17.0. The maximum absolute atomic E-state index is 10.6. The van der Waals surface area contributed by atoms with Crippen molar-refractivity contribution < 1.29 is 23.1 Å². The van der Waals surface area contributed by atoms with Crippen LogP contribution in [-0.4, -0.2) is 55.7 Å². The van der Waals surface area contributed by atoms with Crippen LogP contribution < -0.4 is 5.32 Å². The molecule has 1 aliphatic rings. The predicted octanol–water partition coefficient (Wildman–Crippen LogP) is 3.04. The van der Waals surface area contributed by atoms with Crippen LogP contribution in [0.3, 0.4) is 0 Å². The fourth-order valence-electron chi connectivity index (χ4n) is 3.31. The highest BCUT2D eigenvalue weighted by Crippen LogP contribution is 2.15. The fourth-order valence-corrected chi connectivity index (χ4v) is 3.31. The minimum absolute atomic E-state index is 0.535. The number of alkyl halides is 3. The van der Waals surface area contributed by atoms with Crippen LogP contribution in [0.5, 0.6) is 0 Å². The van der Waals surface area contributed by atoms with Crippen molar-refractivity contribution in [2.24, 2.45) is 0 Å². The van der Waals surface area contributed by atoms with Gasteiger partial charge >= 0.3 is 12.1 Å². The number of carbonyl (C=O) groups is 1. The minimum Gasteiger partial charge on any atom is -0.475 e. The molecular weight excluding hydrogens is 411 g/mol. The number of fused-ring (bicyclic) bond motifs is 1. The lowest BCUT2D eigenvalue weighted by Gasteiger charge is -2.16. The number of carboxylic acid groups (broad SMARTS) is 1. The Bertz CT molecular complexity index is 971. The third-order valence-electron chi connectivity index (χ3n) is 4.90. The Kier molecular flexibility index (Phi) is 7.24. The standard InChI is InChI=1S/C19H23N5.C2HF3O2/c1-15-3-5-16(6-4-15)12-23-10-7-17(13-23)21-11-18-14-24-9-2-8-20-19(24)22-18;3-2(4,5)1(6)7/h2-6,8-9,14,17,21H,7,10-13H2,1H3;(H,6,7). The van der Waals surface area contributed by atoms with Crippen molar-refractivity contribution in [3.8, 4) is 0 Å². The Morgan fingerprint density at radius 3 is 2.65 bits per heavy atom. The topological polar surface area (TPSA) is 82.8 Å². The minimum atomic E-state index is -5.08. The van der Waals surface area contributed by atoms with Crippen LogP contribution in [0.2, 0.25) is 0 Å². The van der Waals surface area contributed by atoms with E-state index in [1.54, 1.807) is 6.20 Å². The average Bonchev–Trinajstić information content (AvgIpc) is 3.34. The molecule has 1 aromatic carbocycles. The van der Waals surface area contributed by atoms with E-state index in [4.69, 9.17) is 9.90 Å². The molecule has 7 nitrogen and oxygen atoms in total. The van der Waals surface area contributed by atoms with Gasteiger partial charge in [0.2, 0.25) is 5.78 Å². The number of nitrogens with zero attached hydrogens (tertiary/aromatic N) is 4. The van der Waals surface area contributed by atoms with Gasteiger partial charge in [0, 0.05) is 50.8 Å². The van der Waals surface area contributed by atoms with Gasteiger partial charge in [-0.1, -0.05) is 29.8 Å². The summed E-state index contributed by atoms with van der Waals surface area (Å²) in [6.07, 6.45) is 1.92. The second-order valence-electron chi connectivity index (χ2n) is 7.45. The van der Waals surface area contributed by atoms with Crippen molar-refractivity contribution in [2.75, 3.05) is 13.1 Å². The van der Waals surface area contributed by atoms with Gasteiger partial charge in [-0.15, -0.1) is 0 Å². The van der Waals surface area contributed by atoms with Crippen molar-refractivity contribution in [1.29, 1.82) is 0 Å². The highest BCUT2D eigenvalue weighted by Gasteiger charge is 2.38. The van der Waals surface area contributed by atoms with Gasteiger partial charge in [-0.05, 0) is 25.0 Å².